The minimum Gasteiger partial charge on any atom is -0.481 e. The SMILES string of the molecule is CCC1Cc2ccccc2S(O)(O)N(Cc2cc(C(CC(=O)O)c3ccc4c(nnn4CC)c3F)ccc2C)C1. The van der Waals surface area contributed by atoms with Gasteiger partial charge < -0.3 is 5.11 Å². The summed E-state index contributed by atoms with van der Waals surface area (Å²) < 4.78 is 42.1. The molecule has 0 saturated carbocycles. The van der Waals surface area contributed by atoms with Crippen LogP contribution in [-0.2, 0) is 24.3 Å². The van der Waals surface area contributed by atoms with Crippen molar-refractivity contribution in [3.05, 3.63) is 88.2 Å². The number of fused-ring (bicyclic) bond motifs is 2. The first-order valence-corrected chi connectivity index (χ1v) is 15.1. The molecule has 40 heavy (non-hydrogen) atoms. The third kappa shape index (κ3) is 5.24. The summed E-state index contributed by atoms with van der Waals surface area (Å²) in [5, 5.41) is 17.8. The first-order valence-electron chi connectivity index (χ1n) is 13.6. The van der Waals surface area contributed by atoms with Crippen molar-refractivity contribution in [2.75, 3.05) is 6.54 Å². The van der Waals surface area contributed by atoms with Crippen molar-refractivity contribution >= 4 is 27.8 Å². The molecule has 1 aliphatic rings. The molecule has 3 N–H and O–H groups in total. The van der Waals surface area contributed by atoms with Crippen molar-refractivity contribution in [2.45, 2.75) is 63.9 Å². The number of hydrogen-bond acceptors (Lipinski definition) is 6. The monoisotopic (exact) mass is 566 g/mol. The molecule has 2 heterocycles. The fraction of sp³-hybridized carbons (Fsp3) is 0.367. The first-order chi connectivity index (χ1) is 19.1. The number of hydrogen-bond donors (Lipinski definition) is 3. The fourth-order valence-electron chi connectivity index (χ4n) is 5.65. The van der Waals surface area contributed by atoms with E-state index in [4.69, 9.17) is 0 Å². The average molecular weight is 567 g/mol. The largest absolute Gasteiger partial charge is 0.481 e. The normalized spacial score (nSPS) is 18.7. The van der Waals surface area contributed by atoms with E-state index in [0.717, 1.165) is 29.5 Å². The Morgan fingerprint density at radius 3 is 2.65 bits per heavy atom. The smallest absolute Gasteiger partial charge is 0.304 e. The molecule has 2 unspecified atom stereocenters. The van der Waals surface area contributed by atoms with Gasteiger partial charge in [-0.3, -0.25) is 13.9 Å². The molecule has 0 amide bonds. The van der Waals surface area contributed by atoms with Crippen LogP contribution in [0, 0.1) is 18.7 Å². The van der Waals surface area contributed by atoms with Gasteiger partial charge in [-0.15, -0.1) is 15.9 Å². The second kappa shape index (κ2) is 11.3. The molecule has 0 bridgehead atoms. The van der Waals surface area contributed by atoms with Gasteiger partial charge >= 0.3 is 5.97 Å². The molecule has 0 fully saturated rings. The maximum atomic E-state index is 15.7. The Morgan fingerprint density at radius 1 is 1.15 bits per heavy atom. The number of nitrogens with zero attached hydrogens (tertiary/aromatic N) is 4. The van der Waals surface area contributed by atoms with Crippen molar-refractivity contribution in [1.82, 2.24) is 19.3 Å². The van der Waals surface area contributed by atoms with Gasteiger partial charge in [0.1, 0.15) is 5.52 Å². The Hall–Kier alpha value is -3.31. The first kappa shape index (κ1) is 28.2. The summed E-state index contributed by atoms with van der Waals surface area (Å²) in [6, 6.07) is 16.4. The molecular weight excluding hydrogens is 531 g/mol. The molecule has 10 heteroatoms. The van der Waals surface area contributed by atoms with E-state index in [2.05, 4.69) is 17.2 Å². The van der Waals surface area contributed by atoms with E-state index in [1.165, 1.54) is 0 Å². The van der Waals surface area contributed by atoms with Crippen molar-refractivity contribution < 1.29 is 23.4 Å². The summed E-state index contributed by atoms with van der Waals surface area (Å²) in [6.07, 6.45) is 1.35. The number of carboxylic acid groups (broad SMARTS) is 1. The predicted octanol–water partition coefficient (Wildman–Crippen LogP) is 6.61. The summed E-state index contributed by atoms with van der Waals surface area (Å²) in [6.45, 7) is 7.24. The van der Waals surface area contributed by atoms with Crippen LogP contribution in [0.1, 0.15) is 60.4 Å². The number of aromatic nitrogens is 3. The van der Waals surface area contributed by atoms with Crippen molar-refractivity contribution in [2.24, 2.45) is 5.92 Å². The van der Waals surface area contributed by atoms with E-state index >= 15 is 4.39 Å². The van der Waals surface area contributed by atoms with Crippen LogP contribution in [-0.4, -0.2) is 46.0 Å². The predicted molar refractivity (Wildman–Crippen MR) is 154 cm³/mol. The molecule has 3 aromatic carbocycles. The molecule has 1 aromatic heterocycles. The topological polar surface area (TPSA) is 112 Å². The highest BCUT2D eigenvalue weighted by molar-refractivity contribution is 8.22. The number of rotatable bonds is 8. The van der Waals surface area contributed by atoms with Gasteiger partial charge in [0, 0.05) is 25.6 Å². The van der Waals surface area contributed by atoms with Crippen LogP contribution in [0.15, 0.2) is 59.5 Å². The molecule has 8 nitrogen and oxygen atoms in total. The zero-order valence-corrected chi connectivity index (χ0v) is 23.7. The molecule has 0 saturated heterocycles. The zero-order chi connectivity index (χ0) is 28.6. The van der Waals surface area contributed by atoms with Crippen LogP contribution in [0.4, 0.5) is 4.39 Å². The van der Waals surface area contributed by atoms with Crippen LogP contribution in [0.2, 0.25) is 0 Å². The summed E-state index contributed by atoms with van der Waals surface area (Å²) in [4.78, 5) is 12.5. The van der Waals surface area contributed by atoms with Crippen LogP contribution in [0.5, 0.6) is 0 Å². The Morgan fingerprint density at radius 2 is 1.93 bits per heavy atom. The average Bonchev–Trinajstić information content (AvgIpc) is 3.32. The van der Waals surface area contributed by atoms with Gasteiger partial charge in [-0.05, 0) is 66.1 Å². The minimum atomic E-state index is -3.25. The molecule has 2 atom stereocenters. The summed E-state index contributed by atoms with van der Waals surface area (Å²) in [5.74, 6) is -2.14. The van der Waals surface area contributed by atoms with E-state index in [1.54, 1.807) is 27.2 Å². The lowest BCUT2D eigenvalue weighted by Crippen LogP contribution is -2.31. The lowest BCUT2D eigenvalue weighted by molar-refractivity contribution is -0.137. The summed E-state index contributed by atoms with van der Waals surface area (Å²) >= 11 is 0. The summed E-state index contributed by atoms with van der Waals surface area (Å²) in [5.41, 5.74) is 4.27. The molecule has 1 aliphatic heterocycles. The fourth-order valence-corrected chi connectivity index (χ4v) is 7.43. The van der Waals surface area contributed by atoms with Gasteiger partial charge in [-0.1, -0.05) is 61.0 Å². The van der Waals surface area contributed by atoms with Gasteiger partial charge in [0.05, 0.1) is 16.8 Å². The van der Waals surface area contributed by atoms with Gasteiger partial charge in [-0.25, -0.2) is 9.07 Å². The van der Waals surface area contributed by atoms with Gasteiger partial charge in [0.25, 0.3) is 0 Å². The second-order valence-corrected chi connectivity index (χ2v) is 12.5. The van der Waals surface area contributed by atoms with E-state index in [9.17, 15) is 19.0 Å². The number of carboxylic acids is 1. The van der Waals surface area contributed by atoms with Crippen molar-refractivity contribution in [3.8, 4) is 0 Å². The van der Waals surface area contributed by atoms with Crippen LogP contribution in [0.25, 0.3) is 11.0 Å². The molecule has 4 aromatic rings. The zero-order valence-electron chi connectivity index (χ0n) is 22.9. The van der Waals surface area contributed by atoms with Crippen LogP contribution >= 0.6 is 10.8 Å². The Labute approximate surface area is 234 Å². The van der Waals surface area contributed by atoms with Gasteiger partial charge in [0.15, 0.2) is 5.82 Å². The third-order valence-corrected chi connectivity index (χ3v) is 9.99. The molecule has 0 aliphatic carbocycles. The van der Waals surface area contributed by atoms with E-state index < -0.39 is 28.5 Å². The molecule has 5 rings (SSSR count). The number of benzene rings is 3. The molecule has 0 spiro atoms. The highest BCUT2D eigenvalue weighted by Gasteiger charge is 2.34. The van der Waals surface area contributed by atoms with Crippen LogP contribution < -0.4 is 0 Å². The molecule has 0 radical (unpaired) electrons. The highest BCUT2D eigenvalue weighted by atomic mass is 32.3. The number of carbonyl (C=O) groups is 1. The maximum absolute atomic E-state index is 15.7. The Bertz CT molecular complexity index is 1560. The second-order valence-electron chi connectivity index (χ2n) is 10.5. The number of halogens is 1. The minimum absolute atomic E-state index is 0.116. The highest BCUT2D eigenvalue weighted by Crippen LogP contribution is 2.56. The van der Waals surface area contributed by atoms with E-state index in [-0.39, 0.29) is 30.0 Å². The quantitative estimate of drug-likeness (QED) is 0.220. The van der Waals surface area contributed by atoms with Gasteiger partial charge in [0.2, 0.25) is 0 Å². The summed E-state index contributed by atoms with van der Waals surface area (Å²) in [7, 11) is -3.25. The standard InChI is InChI=1S/C30H35FN4O4S/c1-4-20-14-22-8-6-7-9-27(22)40(38,39)34(17-20)18-23-15-21(11-10-19(23)3)25(16-28(36)37)24-12-13-26-30(29(24)31)32-33-35(26)5-2/h6-13,15,20,25,38-39H,4-5,14,16-18H2,1-3H3,(H,36,37). The lowest BCUT2D eigenvalue weighted by atomic mass is 9.86. The van der Waals surface area contributed by atoms with Gasteiger partial charge in [-0.2, -0.15) is 4.31 Å². The third-order valence-electron chi connectivity index (χ3n) is 8.01. The number of aliphatic carboxylic acids is 1. The lowest BCUT2D eigenvalue weighted by Gasteiger charge is -2.43. The van der Waals surface area contributed by atoms with Crippen molar-refractivity contribution in [3.63, 3.8) is 0 Å². The molecular formula is C30H35FN4O4S. The maximum Gasteiger partial charge on any atom is 0.304 e. The Balaban J connectivity index is 1.55. The molecule has 212 valence electrons. The van der Waals surface area contributed by atoms with Crippen LogP contribution in [0.3, 0.4) is 0 Å². The Kier molecular flexibility index (Phi) is 7.96. The number of aryl methyl sites for hydroxylation is 2. The van der Waals surface area contributed by atoms with E-state index in [0.29, 0.717) is 29.1 Å². The van der Waals surface area contributed by atoms with Crippen molar-refractivity contribution in [1.29, 1.82) is 0 Å². The van der Waals surface area contributed by atoms with E-state index in [1.807, 2.05) is 50.2 Å².